The number of hydrogen-bond acceptors (Lipinski definition) is 4. The zero-order chi connectivity index (χ0) is 16.6. The predicted octanol–water partition coefficient (Wildman–Crippen LogP) is 4.22. The predicted molar refractivity (Wildman–Crippen MR) is 94.2 cm³/mol. The Morgan fingerprint density at radius 3 is 2.29 bits per heavy atom. The van der Waals surface area contributed by atoms with E-state index in [1.165, 1.54) is 0 Å². The van der Waals surface area contributed by atoms with E-state index in [2.05, 4.69) is 0 Å². The molecule has 2 aromatic rings. The third kappa shape index (κ3) is 4.64. The second-order valence-corrected chi connectivity index (χ2v) is 5.39. The van der Waals surface area contributed by atoms with Crippen molar-refractivity contribution < 1.29 is 14.2 Å². The summed E-state index contributed by atoms with van der Waals surface area (Å²) in [5, 5.41) is 0. The molecule has 0 bridgehead atoms. The Bertz CT molecular complexity index is 680. The van der Waals surface area contributed by atoms with Crippen molar-refractivity contribution in [2.45, 2.75) is 6.23 Å². The van der Waals surface area contributed by atoms with Gasteiger partial charge in [-0.05, 0) is 48.6 Å². The van der Waals surface area contributed by atoms with Crippen LogP contribution in [0.2, 0.25) is 0 Å². The molecule has 0 N–H and O–H groups in total. The molecule has 3 rings (SSSR count). The second-order valence-electron chi connectivity index (χ2n) is 5.39. The molecule has 124 valence electrons. The Hall–Kier alpha value is -2.72. The Morgan fingerprint density at radius 1 is 0.833 bits per heavy atom. The molecular formula is C20H21NO3. The van der Waals surface area contributed by atoms with Crippen LogP contribution >= 0.6 is 0 Å². The van der Waals surface area contributed by atoms with Gasteiger partial charge in [0.25, 0.3) is 0 Å². The summed E-state index contributed by atoms with van der Waals surface area (Å²) in [5.41, 5.74) is 0. The average Bonchev–Trinajstić information content (AvgIpc) is 2.62. The summed E-state index contributed by atoms with van der Waals surface area (Å²) in [5.74, 6) is 2.40. The summed E-state index contributed by atoms with van der Waals surface area (Å²) >= 11 is 0. The van der Waals surface area contributed by atoms with E-state index in [-0.39, 0.29) is 6.23 Å². The molecule has 0 saturated heterocycles. The Labute approximate surface area is 142 Å². The van der Waals surface area contributed by atoms with Crippen LogP contribution in [0.3, 0.4) is 0 Å². The molecule has 0 spiro atoms. The van der Waals surface area contributed by atoms with Crippen LogP contribution in [-0.2, 0) is 4.74 Å². The number of ether oxygens (including phenoxy) is 3. The van der Waals surface area contributed by atoms with Crippen molar-refractivity contribution in [2.75, 3.05) is 20.3 Å². The maximum atomic E-state index is 5.76. The first-order chi connectivity index (χ1) is 11.8. The summed E-state index contributed by atoms with van der Waals surface area (Å²) in [4.78, 5) is 2.01. The molecule has 24 heavy (non-hydrogen) atoms. The molecule has 4 nitrogen and oxygen atoms in total. The fraction of sp³-hybridized carbons (Fsp3) is 0.200. The molecule has 1 aliphatic heterocycles. The van der Waals surface area contributed by atoms with Crippen molar-refractivity contribution in [2.24, 2.45) is 0 Å². The fourth-order valence-corrected chi connectivity index (χ4v) is 2.30. The van der Waals surface area contributed by atoms with Crippen molar-refractivity contribution in [3.63, 3.8) is 0 Å². The minimum atomic E-state index is -0.0275. The van der Waals surface area contributed by atoms with E-state index in [0.29, 0.717) is 13.2 Å². The molecule has 2 aromatic carbocycles. The third-order valence-corrected chi connectivity index (χ3v) is 3.55. The maximum Gasteiger partial charge on any atom is 0.149 e. The lowest BCUT2D eigenvalue weighted by molar-refractivity contribution is -0.00655. The molecule has 1 unspecified atom stereocenters. The summed E-state index contributed by atoms with van der Waals surface area (Å²) in [6.45, 7) is 1.02. The second kappa shape index (κ2) is 8.22. The van der Waals surface area contributed by atoms with Gasteiger partial charge in [0, 0.05) is 13.2 Å². The Morgan fingerprint density at radius 2 is 1.54 bits per heavy atom. The van der Waals surface area contributed by atoms with Crippen LogP contribution in [-0.4, -0.2) is 31.4 Å². The first-order valence-corrected chi connectivity index (χ1v) is 7.95. The van der Waals surface area contributed by atoms with Crippen molar-refractivity contribution in [1.82, 2.24) is 4.90 Å². The van der Waals surface area contributed by atoms with Crippen LogP contribution in [0, 0.1) is 0 Å². The summed E-state index contributed by atoms with van der Waals surface area (Å²) in [7, 11) is 1.98. The zero-order valence-electron chi connectivity index (χ0n) is 13.7. The van der Waals surface area contributed by atoms with Gasteiger partial charge in [-0.15, -0.1) is 0 Å². The van der Waals surface area contributed by atoms with Crippen LogP contribution in [0.15, 0.2) is 79.0 Å². The summed E-state index contributed by atoms with van der Waals surface area (Å²) in [6, 6.07) is 17.3. The van der Waals surface area contributed by atoms with Gasteiger partial charge < -0.3 is 19.1 Å². The molecule has 0 amide bonds. The van der Waals surface area contributed by atoms with Crippen LogP contribution in [0.4, 0.5) is 0 Å². The lowest BCUT2D eigenvalue weighted by Crippen LogP contribution is -2.30. The van der Waals surface area contributed by atoms with Crippen molar-refractivity contribution >= 4 is 0 Å². The van der Waals surface area contributed by atoms with Gasteiger partial charge in [-0.25, -0.2) is 0 Å². The topological polar surface area (TPSA) is 30.9 Å². The van der Waals surface area contributed by atoms with Crippen LogP contribution < -0.4 is 9.47 Å². The highest BCUT2D eigenvalue weighted by Crippen LogP contribution is 2.23. The maximum absolute atomic E-state index is 5.76. The van der Waals surface area contributed by atoms with Crippen molar-refractivity contribution in [1.29, 1.82) is 0 Å². The number of benzene rings is 2. The van der Waals surface area contributed by atoms with Gasteiger partial charge in [-0.3, -0.25) is 0 Å². The lowest BCUT2D eigenvalue weighted by atomic mass is 10.3. The van der Waals surface area contributed by atoms with Crippen molar-refractivity contribution in [3.05, 3.63) is 79.0 Å². The van der Waals surface area contributed by atoms with Gasteiger partial charge >= 0.3 is 0 Å². The standard InChI is InChI=1S/C20H21NO3/c1-21-14-6-5-9-20(21)23-16-15-22-17-10-12-19(13-11-17)24-18-7-3-2-4-8-18/h2-14,20H,15-16H2,1H3. The number of rotatable bonds is 7. The minimum absolute atomic E-state index is 0.0275. The Balaban J connectivity index is 1.41. The molecule has 0 saturated carbocycles. The van der Waals surface area contributed by atoms with Crippen LogP contribution in [0.1, 0.15) is 0 Å². The number of para-hydroxylation sites is 1. The van der Waals surface area contributed by atoms with Gasteiger partial charge in [0.15, 0.2) is 0 Å². The fourth-order valence-electron chi connectivity index (χ4n) is 2.30. The lowest BCUT2D eigenvalue weighted by Gasteiger charge is -2.26. The molecule has 1 atom stereocenters. The minimum Gasteiger partial charge on any atom is -0.491 e. The van der Waals surface area contributed by atoms with Gasteiger partial charge in [0.2, 0.25) is 0 Å². The molecule has 1 heterocycles. The smallest absolute Gasteiger partial charge is 0.149 e. The SMILES string of the molecule is CN1C=CC=CC1OCCOc1ccc(Oc2ccccc2)cc1. The van der Waals surface area contributed by atoms with E-state index in [4.69, 9.17) is 14.2 Å². The van der Waals surface area contributed by atoms with E-state index in [0.717, 1.165) is 17.2 Å². The largest absolute Gasteiger partial charge is 0.491 e. The normalized spacial score (nSPS) is 16.2. The van der Waals surface area contributed by atoms with E-state index < -0.39 is 0 Å². The molecule has 0 radical (unpaired) electrons. The van der Waals surface area contributed by atoms with E-state index in [9.17, 15) is 0 Å². The number of hydrogen-bond donors (Lipinski definition) is 0. The number of nitrogens with zero attached hydrogens (tertiary/aromatic N) is 1. The molecule has 0 fully saturated rings. The highest BCUT2D eigenvalue weighted by atomic mass is 16.5. The zero-order valence-corrected chi connectivity index (χ0v) is 13.7. The molecule has 1 aliphatic rings. The molecular weight excluding hydrogens is 302 g/mol. The number of allylic oxidation sites excluding steroid dienone is 2. The van der Waals surface area contributed by atoms with Crippen LogP contribution in [0.5, 0.6) is 17.2 Å². The van der Waals surface area contributed by atoms with Gasteiger partial charge in [-0.2, -0.15) is 0 Å². The molecule has 0 aliphatic carbocycles. The quantitative estimate of drug-likeness (QED) is 0.714. The highest BCUT2D eigenvalue weighted by Gasteiger charge is 2.10. The number of likely N-dealkylation sites (N-methyl/N-ethyl adjacent to an activating group) is 1. The average molecular weight is 323 g/mol. The van der Waals surface area contributed by atoms with Gasteiger partial charge in [-0.1, -0.05) is 24.3 Å². The summed E-state index contributed by atoms with van der Waals surface area (Å²) < 4.78 is 17.2. The third-order valence-electron chi connectivity index (χ3n) is 3.55. The highest BCUT2D eigenvalue weighted by molar-refractivity contribution is 5.35. The van der Waals surface area contributed by atoms with Crippen molar-refractivity contribution in [3.8, 4) is 17.2 Å². The molecule has 0 aromatic heterocycles. The Kier molecular flexibility index (Phi) is 5.53. The monoisotopic (exact) mass is 323 g/mol. The van der Waals surface area contributed by atoms with Crippen LogP contribution in [0.25, 0.3) is 0 Å². The first-order valence-electron chi connectivity index (χ1n) is 7.95. The van der Waals surface area contributed by atoms with Gasteiger partial charge in [0.1, 0.15) is 30.1 Å². The first kappa shape index (κ1) is 16.1. The summed E-state index contributed by atoms with van der Waals surface area (Å²) in [6.07, 6.45) is 7.93. The van der Waals surface area contributed by atoms with E-state index in [1.807, 2.05) is 91.0 Å². The van der Waals surface area contributed by atoms with E-state index >= 15 is 0 Å². The van der Waals surface area contributed by atoms with Gasteiger partial charge in [0.05, 0.1) is 6.61 Å². The molecule has 4 heteroatoms. The van der Waals surface area contributed by atoms with E-state index in [1.54, 1.807) is 0 Å².